The molecule has 0 saturated heterocycles. The van der Waals surface area contributed by atoms with E-state index in [0.29, 0.717) is 13.2 Å². The molecule has 0 spiro atoms. The summed E-state index contributed by atoms with van der Waals surface area (Å²) >= 11 is 0. The summed E-state index contributed by atoms with van der Waals surface area (Å²) in [5.41, 5.74) is 1.94. The smallest absolute Gasteiger partial charge is 0.160 e. The van der Waals surface area contributed by atoms with Crippen molar-refractivity contribution in [2.24, 2.45) is 0 Å². The molecule has 0 bridgehead atoms. The zero-order valence-electron chi connectivity index (χ0n) is 16.2. The minimum atomic E-state index is 0.171. The first-order valence-corrected chi connectivity index (χ1v) is 10.1. The van der Waals surface area contributed by atoms with Crippen LogP contribution in [-0.2, 0) is 11.2 Å². The number of aromatic amines is 1. The molecule has 7 nitrogen and oxygen atoms in total. The second-order valence-corrected chi connectivity index (χ2v) is 7.09. The van der Waals surface area contributed by atoms with Crippen molar-refractivity contribution in [1.29, 1.82) is 0 Å². The summed E-state index contributed by atoms with van der Waals surface area (Å²) in [6.07, 6.45) is 8.87. The van der Waals surface area contributed by atoms with Gasteiger partial charge in [0.1, 0.15) is 17.9 Å². The number of nitrogens with zero attached hydrogens (tertiary/aromatic N) is 3. The summed E-state index contributed by atoms with van der Waals surface area (Å²) in [7, 11) is 0. The topological polar surface area (TPSA) is 85.0 Å². The van der Waals surface area contributed by atoms with Crippen LogP contribution in [0.5, 0.6) is 5.75 Å². The number of fused-ring (bicyclic) bond motifs is 1. The second kappa shape index (κ2) is 9.01. The number of benzene rings is 1. The summed E-state index contributed by atoms with van der Waals surface area (Å²) < 4.78 is 12.0. The zero-order valence-corrected chi connectivity index (χ0v) is 16.2. The predicted octanol–water partition coefficient (Wildman–Crippen LogP) is 3.73. The molecule has 1 aromatic carbocycles. The molecule has 1 aliphatic rings. The van der Waals surface area contributed by atoms with Gasteiger partial charge in [0.2, 0.25) is 0 Å². The molecule has 2 heterocycles. The average Bonchev–Trinajstić information content (AvgIpc) is 3.21. The summed E-state index contributed by atoms with van der Waals surface area (Å²) in [6.45, 7) is 3.36. The van der Waals surface area contributed by atoms with Gasteiger partial charge in [-0.2, -0.15) is 5.10 Å². The number of para-hydroxylation sites is 1. The highest BCUT2D eigenvalue weighted by atomic mass is 16.5. The van der Waals surface area contributed by atoms with Gasteiger partial charge in [0.25, 0.3) is 0 Å². The molecule has 1 saturated carbocycles. The Morgan fingerprint density at radius 2 is 2.07 bits per heavy atom. The quantitative estimate of drug-likeness (QED) is 0.618. The van der Waals surface area contributed by atoms with E-state index in [1.54, 1.807) is 12.5 Å². The van der Waals surface area contributed by atoms with Crippen molar-refractivity contribution in [2.75, 3.05) is 18.5 Å². The normalized spacial score (nSPS) is 19.6. The molecule has 1 aliphatic carbocycles. The summed E-state index contributed by atoms with van der Waals surface area (Å²) in [5.74, 6) is 1.77. The second-order valence-electron chi connectivity index (χ2n) is 7.09. The van der Waals surface area contributed by atoms with E-state index in [9.17, 15) is 0 Å². The number of ether oxygens (including phenoxy) is 2. The van der Waals surface area contributed by atoms with Gasteiger partial charge in [-0.15, -0.1) is 0 Å². The van der Waals surface area contributed by atoms with Gasteiger partial charge >= 0.3 is 0 Å². The van der Waals surface area contributed by atoms with Gasteiger partial charge in [0.15, 0.2) is 5.65 Å². The molecule has 7 heteroatoms. The molecule has 1 fully saturated rings. The molecule has 28 heavy (non-hydrogen) atoms. The molecule has 0 radical (unpaired) electrons. The van der Waals surface area contributed by atoms with Gasteiger partial charge in [0, 0.05) is 0 Å². The lowest BCUT2D eigenvalue weighted by molar-refractivity contribution is 0.0216. The molecular formula is C21H27N5O2. The molecule has 0 aliphatic heterocycles. The summed E-state index contributed by atoms with van der Waals surface area (Å²) in [5, 5.41) is 11.5. The molecule has 2 unspecified atom stereocenters. The van der Waals surface area contributed by atoms with Gasteiger partial charge < -0.3 is 14.8 Å². The Hall–Kier alpha value is -2.67. The Bertz CT molecular complexity index is 897. The van der Waals surface area contributed by atoms with Crippen LogP contribution in [0.3, 0.4) is 0 Å². The van der Waals surface area contributed by atoms with Crippen LogP contribution in [0.25, 0.3) is 11.0 Å². The van der Waals surface area contributed by atoms with Crippen LogP contribution in [0.2, 0.25) is 0 Å². The monoisotopic (exact) mass is 381 g/mol. The highest BCUT2D eigenvalue weighted by molar-refractivity contribution is 5.85. The van der Waals surface area contributed by atoms with Crippen molar-refractivity contribution >= 4 is 16.9 Å². The Morgan fingerprint density at radius 3 is 3.00 bits per heavy atom. The van der Waals surface area contributed by atoms with Crippen molar-refractivity contribution in [3.8, 4) is 5.75 Å². The van der Waals surface area contributed by atoms with Crippen molar-refractivity contribution in [3.63, 3.8) is 0 Å². The first-order valence-electron chi connectivity index (χ1n) is 10.1. The Balaban J connectivity index is 1.38. The van der Waals surface area contributed by atoms with Crippen LogP contribution in [0.15, 0.2) is 36.8 Å². The molecular weight excluding hydrogens is 354 g/mol. The minimum Gasteiger partial charge on any atom is -0.494 e. The van der Waals surface area contributed by atoms with E-state index in [-0.39, 0.29) is 12.1 Å². The van der Waals surface area contributed by atoms with Gasteiger partial charge in [-0.3, -0.25) is 5.10 Å². The minimum absolute atomic E-state index is 0.171. The maximum atomic E-state index is 6.31. The summed E-state index contributed by atoms with van der Waals surface area (Å²) in [6, 6.07) is 8.43. The van der Waals surface area contributed by atoms with Crippen LogP contribution >= 0.6 is 0 Å². The van der Waals surface area contributed by atoms with Gasteiger partial charge in [-0.1, -0.05) is 31.0 Å². The van der Waals surface area contributed by atoms with Crippen molar-refractivity contribution < 1.29 is 9.47 Å². The maximum Gasteiger partial charge on any atom is 0.160 e. The highest BCUT2D eigenvalue weighted by Crippen LogP contribution is 2.27. The van der Waals surface area contributed by atoms with Crippen molar-refractivity contribution in [1.82, 2.24) is 20.2 Å². The van der Waals surface area contributed by atoms with E-state index in [4.69, 9.17) is 9.47 Å². The third-order valence-electron chi connectivity index (χ3n) is 5.25. The van der Waals surface area contributed by atoms with E-state index in [1.807, 2.05) is 25.1 Å². The number of rotatable bonds is 8. The molecule has 3 aromatic rings. The van der Waals surface area contributed by atoms with Gasteiger partial charge in [-0.05, 0) is 37.8 Å². The number of nitrogens with one attached hydrogen (secondary N) is 2. The third-order valence-corrected chi connectivity index (χ3v) is 5.25. The largest absolute Gasteiger partial charge is 0.494 e. The zero-order chi connectivity index (χ0) is 19.2. The number of hydrogen-bond donors (Lipinski definition) is 2. The fourth-order valence-electron chi connectivity index (χ4n) is 3.84. The first kappa shape index (κ1) is 18.7. The standard InChI is InChI=1S/C21H27N5O2/c1-2-27-18-9-5-3-7-15(18)11-12-28-19-10-6-4-8-17(19)25-20-16-13-24-26-21(16)23-14-22-20/h3,5,7,9,13-14,17,19H,2,4,6,8,10-12H2,1H3,(H2,22,23,24,25,26). The van der Waals surface area contributed by atoms with Crippen LogP contribution in [0.1, 0.15) is 38.2 Å². The lowest BCUT2D eigenvalue weighted by atomic mass is 9.92. The molecule has 0 amide bonds. The van der Waals surface area contributed by atoms with E-state index < -0.39 is 0 Å². The van der Waals surface area contributed by atoms with E-state index in [0.717, 1.165) is 41.9 Å². The lowest BCUT2D eigenvalue weighted by Gasteiger charge is -2.32. The van der Waals surface area contributed by atoms with E-state index >= 15 is 0 Å². The number of H-pyrrole nitrogens is 1. The van der Waals surface area contributed by atoms with Crippen molar-refractivity contribution in [2.45, 2.75) is 51.2 Å². The lowest BCUT2D eigenvalue weighted by Crippen LogP contribution is -2.39. The van der Waals surface area contributed by atoms with Crippen molar-refractivity contribution in [3.05, 3.63) is 42.4 Å². The molecule has 2 aromatic heterocycles. The SMILES string of the molecule is CCOc1ccccc1CCOC1CCCCC1Nc1ncnc2[nH]ncc12. The van der Waals surface area contributed by atoms with Gasteiger partial charge in [-0.25, -0.2) is 9.97 Å². The first-order chi connectivity index (χ1) is 13.8. The van der Waals surface area contributed by atoms with Crippen LogP contribution < -0.4 is 10.1 Å². The molecule has 2 atom stereocenters. The number of aromatic nitrogens is 4. The highest BCUT2D eigenvalue weighted by Gasteiger charge is 2.26. The Labute approximate surface area is 164 Å². The Morgan fingerprint density at radius 1 is 1.18 bits per heavy atom. The van der Waals surface area contributed by atoms with Gasteiger partial charge in [0.05, 0.1) is 36.9 Å². The molecule has 148 valence electrons. The maximum absolute atomic E-state index is 6.31. The van der Waals surface area contributed by atoms with Crippen LogP contribution in [-0.4, -0.2) is 45.5 Å². The Kier molecular flexibility index (Phi) is 6.01. The number of hydrogen-bond acceptors (Lipinski definition) is 6. The summed E-state index contributed by atoms with van der Waals surface area (Å²) in [4.78, 5) is 8.62. The van der Waals surface area contributed by atoms with Crippen LogP contribution in [0.4, 0.5) is 5.82 Å². The van der Waals surface area contributed by atoms with Crippen LogP contribution in [0, 0.1) is 0 Å². The average molecular weight is 381 g/mol. The fourth-order valence-corrected chi connectivity index (χ4v) is 3.84. The van der Waals surface area contributed by atoms with E-state index in [1.165, 1.54) is 18.4 Å². The third kappa shape index (κ3) is 4.25. The fraction of sp³-hybridized carbons (Fsp3) is 0.476. The predicted molar refractivity (Wildman–Crippen MR) is 109 cm³/mol. The molecule has 4 rings (SSSR count). The molecule has 2 N–H and O–H groups in total. The van der Waals surface area contributed by atoms with E-state index in [2.05, 4.69) is 31.5 Å². The number of anilines is 1.